The highest BCUT2D eigenvalue weighted by Gasteiger charge is 2.00. The Bertz CT molecular complexity index is 428. The predicted octanol–water partition coefficient (Wildman–Crippen LogP) is 1.57. The molecule has 1 aromatic carbocycles. The Hall–Kier alpha value is -0.490. The Morgan fingerprint density at radius 1 is 1.20 bits per heavy atom. The monoisotopic (exact) mass is 268 g/mol. The van der Waals surface area contributed by atoms with E-state index in [4.69, 9.17) is 23.2 Å². The SMILES string of the molecule is [NH3+]CCS(=O)(=O)[N-]c1cc(Cl)cc(Cl)c1. The largest absolute Gasteiger partial charge is 0.577 e. The fraction of sp³-hybridized carbons (Fsp3) is 0.250. The molecule has 0 spiro atoms. The van der Waals surface area contributed by atoms with E-state index in [1.54, 1.807) is 0 Å². The first kappa shape index (κ1) is 12.6. The Labute approximate surface area is 98.4 Å². The molecule has 0 bridgehead atoms. The second-order valence-corrected chi connectivity index (χ2v) is 5.49. The van der Waals surface area contributed by atoms with E-state index in [0.29, 0.717) is 10.0 Å². The Morgan fingerprint density at radius 2 is 1.73 bits per heavy atom. The van der Waals surface area contributed by atoms with Crippen LogP contribution in [0.1, 0.15) is 0 Å². The molecular weight excluding hydrogens is 259 g/mol. The van der Waals surface area contributed by atoms with E-state index in [9.17, 15) is 8.42 Å². The van der Waals surface area contributed by atoms with Crippen molar-refractivity contribution in [3.8, 4) is 0 Å². The zero-order valence-corrected chi connectivity index (χ0v) is 10.1. The molecule has 15 heavy (non-hydrogen) atoms. The molecule has 0 aliphatic heterocycles. The molecule has 1 rings (SSSR count). The van der Waals surface area contributed by atoms with Gasteiger partial charge in [0.2, 0.25) is 0 Å². The molecule has 7 heteroatoms. The number of halogens is 2. The molecule has 1 aromatic rings. The summed E-state index contributed by atoms with van der Waals surface area (Å²) in [7, 11) is -3.47. The minimum Gasteiger partial charge on any atom is -0.577 e. The van der Waals surface area contributed by atoms with Crippen LogP contribution in [-0.4, -0.2) is 20.7 Å². The van der Waals surface area contributed by atoms with E-state index in [2.05, 4.69) is 10.5 Å². The molecule has 0 aromatic heterocycles. The number of sulfonamides is 1. The van der Waals surface area contributed by atoms with Gasteiger partial charge in [0, 0.05) is 10.0 Å². The van der Waals surface area contributed by atoms with Crippen LogP contribution in [0.5, 0.6) is 0 Å². The van der Waals surface area contributed by atoms with Crippen molar-refractivity contribution in [1.29, 1.82) is 0 Å². The highest BCUT2D eigenvalue weighted by Crippen LogP contribution is 2.29. The maximum absolute atomic E-state index is 11.3. The van der Waals surface area contributed by atoms with Crippen LogP contribution < -0.4 is 5.73 Å². The minimum absolute atomic E-state index is 0.0862. The van der Waals surface area contributed by atoms with E-state index in [1.807, 2.05) is 0 Å². The van der Waals surface area contributed by atoms with E-state index >= 15 is 0 Å². The molecule has 0 saturated heterocycles. The molecule has 0 aliphatic rings. The van der Waals surface area contributed by atoms with E-state index in [1.165, 1.54) is 18.2 Å². The summed E-state index contributed by atoms with van der Waals surface area (Å²) in [6, 6.07) is 4.39. The van der Waals surface area contributed by atoms with Gasteiger partial charge in [-0.05, 0) is 6.07 Å². The normalized spacial score (nSPS) is 11.4. The number of hydrogen-bond donors (Lipinski definition) is 1. The Kier molecular flexibility index (Phi) is 4.21. The fourth-order valence-electron chi connectivity index (χ4n) is 0.981. The number of nitrogens with zero attached hydrogens (tertiary/aromatic N) is 1. The lowest BCUT2D eigenvalue weighted by Crippen LogP contribution is -2.52. The standard InChI is InChI=1S/C8H9Cl2N2O2S/c9-6-3-7(10)5-8(4-6)12-15(13,14)2-1-11/h3-5H,1-2,11H2/q-1/p+1. The molecule has 0 amide bonds. The van der Waals surface area contributed by atoms with Crippen LogP contribution in [0.15, 0.2) is 18.2 Å². The fourth-order valence-corrected chi connectivity index (χ4v) is 2.38. The van der Waals surface area contributed by atoms with E-state index in [-0.39, 0.29) is 18.0 Å². The van der Waals surface area contributed by atoms with Gasteiger partial charge in [0.05, 0.1) is 22.3 Å². The average molecular weight is 269 g/mol. The molecule has 0 radical (unpaired) electrons. The summed E-state index contributed by atoms with van der Waals surface area (Å²) >= 11 is 11.4. The molecule has 0 unspecified atom stereocenters. The summed E-state index contributed by atoms with van der Waals surface area (Å²) in [5, 5.41) is 0.706. The third-order valence-corrected chi connectivity index (χ3v) is 3.22. The highest BCUT2D eigenvalue weighted by atomic mass is 35.5. The van der Waals surface area contributed by atoms with Crippen molar-refractivity contribution in [3.05, 3.63) is 33.0 Å². The van der Waals surface area contributed by atoms with Gasteiger partial charge in [0.25, 0.3) is 0 Å². The van der Waals surface area contributed by atoms with Crippen LogP contribution in [-0.2, 0) is 10.0 Å². The van der Waals surface area contributed by atoms with Gasteiger partial charge >= 0.3 is 0 Å². The van der Waals surface area contributed by atoms with Crippen molar-refractivity contribution in [3.63, 3.8) is 0 Å². The molecule has 0 fully saturated rings. The first-order valence-electron chi connectivity index (χ1n) is 4.14. The molecule has 84 valence electrons. The van der Waals surface area contributed by atoms with E-state index < -0.39 is 10.0 Å². The van der Waals surface area contributed by atoms with Gasteiger partial charge in [0.1, 0.15) is 0 Å². The molecule has 0 heterocycles. The third kappa shape index (κ3) is 4.25. The second-order valence-electron chi connectivity index (χ2n) is 2.86. The Balaban J connectivity index is 2.90. The van der Waals surface area contributed by atoms with Gasteiger partial charge < -0.3 is 10.5 Å². The van der Waals surface area contributed by atoms with Crippen LogP contribution in [0.2, 0.25) is 10.0 Å². The molecule has 0 aliphatic carbocycles. The number of quaternary nitrogens is 1. The number of rotatable bonds is 4. The molecular formula is C8H10Cl2N2O2S. The smallest absolute Gasteiger partial charge is 0.0993 e. The van der Waals surface area contributed by atoms with Gasteiger partial charge in [-0.15, -0.1) is 5.69 Å². The molecule has 0 saturated carbocycles. The van der Waals surface area contributed by atoms with Crippen molar-refractivity contribution >= 4 is 38.9 Å². The lowest BCUT2D eigenvalue weighted by Gasteiger charge is -2.21. The lowest BCUT2D eigenvalue weighted by molar-refractivity contribution is -0.360. The minimum atomic E-state index is -3.47. The first-order chi connectivity index (χ1) is 6.93. The quantitative estimate of drug-likeness (QED) is 0.900. The van der Waals surface area contributed by atoms with Crippen LogP contribution in [0, 0.1) is 0 Å². The van der Waals surface area contributed by atoms with Gasteiger partial charge in [0.15, 0.2) is 0 Å². The summed E-state index contributed by atoms with van der Waals surface area (Å²) in [4.78, 5) is 0. The van der Waals surface area contributed by atoms with Crippen LogP contribution in [0.3, 0.4) is 0 Å². The lowest BCUT2D eigenvalue weighted by atomic mass is 10.3. The van der Waals surface area contributed by atoms with Gasteiger partial charge in [-0.25, -0.2) is 8.42 Å². The van der Waals surface area contributed by atoms with Crippen LogP contribution in [0.4, 0.5) is 5.69 Å². The van der Waals surface area contributed by atoms with Crippen LogP contribution >= 0.6 is 23.2 Å². The third-order valence-electron chi connectivity index (χ3n) is 1.49. The van der Waals surface area contributed by atoms with E-state index in [0.717, 1.165) is 0 Å². The number of hydrogen-bond acceptors (Lipinski definition) is 2. The summed E-state index contributed by atoms with van der Waals surface area (Å²) in [6.07, 6.45) is 0. The van der Waals surface area contributed by atoms with Crippen molar-refractivity contribution in [2.45, 2.75) is 0 Å². The zero-order valence-electron chi connectivity index (χ0n) is 7.78. The van der Waals surface area contributed by atoms with Crippen molar-refractivity contribution < 1.29 is 14.2 Å². The molecule has 0 atom stereocenters. The topological polar surface area (TPSA) is 75.9 Å². The first-order valence-corrected chi connectivity index (χ1v) is 6.50. The maximum Gasteiger partial charge on any atom is 0.0993 e. The van der Waals surface area contributed by atoms with Crippen LogP contribution in [0.25, 0.3) is 4.72 Å². The van der Waals surface area contributed by atoms with Gasteiger partial charge in [-0.1, -0.05) is 35.3 Å². The van der Waals surface area contributed by atoms with Crippen molar-refractivity contribution in [2.24, 2.45) is 0 Å². The predicted molar refractivity (Wildman–Crippen MR) is 61.0 cm³/mol. The summed E-state index contributed by atoms with van der Waals surface area (Å²) < 4.78 is 26.2. The molecule has 3 N–H and O–H groups in total. The summed E-state index contributed by atoms with van der Waals surface area (Å²) in [6.45, 7) is 0.278. The maximum atomic E-state index is 11.3. The second kappa shape index (κ2) is 5.03. The summed E-state index contributed by atoms with van der Waals surface area (Å²) in [5.41, 5.74) is 3.69. The number of benzene rings is 1. The average Bonchev–Trinajstić information content (AvgIpc) is 1.99. The zero-order chi connectivity index (χ0) is 11.5. The van der Waals surface area contributed by atoms with Gasteiger partial charge in [-0.3, -0.25) is 0 Å². The summed E-state index contributed by atoms with van der Waals surface area (Å²) in [5.74, 6) is -0.0862. The Morgan fingerprint density at radius 3 is 2.20 bits per heavy atom. The highest BCUT2D eigenvalue weighted by molar-refractivity contribution is 7.94. The van der Waals surface area contributed by atoms with Crippen molar-refractivity contribution in [1.82, 2.24) is 0 Å². The van der Waals surface area contributed by atoms with Crippen molar-refractivity contribution in [2.75, 3.05) is 12.3 Å². The molecule has 4 nitrogen and oxygen atoms in total. The van der Waals surface area contributed by atoms with Gasteiger partial charge in [-0.2, -0.15) is 0 Å².